The van der Waals surface area contributed by atoms with Crippen LogP contribution >= 0.6 is 0 Å². The third-order valence-electron chi connectivity index (χ3n) is 5.77. The van der Waals surface area contributed by atoms with Crippen LogP contribution in [0.25, 0.3) is 0 Å². The Balaban J connectivity index is 1.58. The number of amides is 3. The second-order valence-electron chi connectivity index (χ2n) is 8.01. The first-order chi connectivity index (χ1) is 16.5. The summed E-state index contributed by atoms with van der Waals surface area (Å²) in [6, 6.07) is 13.4. The second-order valence-corrected chi connectivity index (χ2v) is 9.95. The van der Waals surface area contributed by atoms with Gasteiger partial charge in [-0.2, -0.15) is 13.2 Å². The Morgan fingerprint density at radius 2 is 1.60 bits per heavy atom. The molecule has 0 saturated carbocycles. The fourth-order valence-electron chi connectivity index (χ4n) is 3.83. The molecule has 1 fully saturated rings. The molecule has 35 heavy (non-hydrogen) atoms. The first-order valence-corrected chi connectivity index (χ1v) is 12.0. The van der Waals surface area contributed by atoms with Crippen molar-refractivity contribution in [1.29, 1.82) is 0 Å². The van der Waals surface area contributed by atoms with E-state index in [1.165, 1.54) is 4.90 Å². The summed E-state index contributed by atoms with van der Waals surface area (Å²) in [5.74, 6) is -0.569. The number of hydrogen-bond acceptors (Lipinski definition) is 5. The number of sulfone groups is 1. The van der Waals surface area contributed by atoms with Crippen LogP contribution in [0.1, 0.15) is 23.6 Å². The molecular weight excluding hydrogens is 483 g/mol. The highest BCUT2D eigenvalue weighted by Gasteiger charge is 2.47. The summed E-state index contributed by atoms with van der Waals surface area (Å²) in [6.45, 7) is 1.67. The maximum atomic E-state index is 13.2. The van der Waals surface area contributed by atoms with Gasteiger partial charge in [0.2, 0.25) is 0 Å². The summed E-state index contributed by atoms with van der Waals surface area (Å²) >= 11 is 0. The Morgan fingerprint density at radius 3 is 2.23 bits per heavy atom. The van der Waals surface area contributed by atoms with Gasteiger partial charge in [-0.15, -0.1) is 0 Å². The predicted molar refractivity (Wildman–Crippen MR) is 121 cm³/mol. The largest absolute Gasteiger partial charge is 0.501 e. The van der Waals surface area contributed by atoms with Gasteiger partial charge in [-0.25, -0.2) is 18.1 Å². The number of hydrogen-bond donors (Lipinski definition) is 0. The van der Waals surface area contributed by atoms with Crippen LogP contribution in [0, 0.1) is 0 Å². The van der Waals surface area contributed by atoms with Crippen molar-refractivity contribution in [3.63, 3.8) is 0 Å². The zero-order chi connectivity index (χ0) is 25.4. The van der Waals surface area contributed by atoms with Crippen molar-refractivity contribution in [2.24, 2.45) is 0 Å². The van der Waals surface area contributed by atoms with Gasteiger partial charge in [0.15, 0.2) is 0 Å². The Bertz CT molecular complexity index is 1360. The van der Waals surface area contributed by atoms with Crippen LogP contribution in [0.15, 0.2) is 78.0 Å². The molecule has 4 rings (SSSR count). The minimum Gasteiger partial charge on any atom is -0.308 e. The average molecular weight is 504 g/mol. The van der Waals surface area contributed by atoms with E-state index in [2.05, 4.69) is 4.98 Å². The number of anilines is 1. The molecule has 1 aromatic heterocycles. The lowest BCUT2D eigenvalue weighted by atomic mass is 10.0. The number of carbonyl (C=O) groups excluding carboxylic acids is 2. The lowest BCUT2D eigenvalue weighted by molar-refractivity contribution is -0.119. The van der Waals surface area contributed by atoms with E-state index in [4.69, 9.17) is 0 Å². The van der Waals surface area contributed by atoms with Gasteiger partial charge in [-0.1, -0.05) is 30.3 Å². The fraction of sp³-hybridized carbons (Fsp3) is 0.208. The molecule has 0 aliphatic carbocycles. The first-order valence-electron chi connectivity index (χ1n) is 10.5. The summed E-state index contributed by atoms with van der Waals surface area (Å²) in [5.41, 5.74) is -2.75. The summed E-state index contributed by atoms with van der Waals surface area (Å²) in [7, 11) is -5.54. The molecule has 2 heterocycles. The molecule has 182 valence electrons. The molecule has 7 nitrogen and oxygen atoms in total. The van der Waals surface area contributed by atoms with Crippen molar-refractivity contribution in [2.45, 2.75) is 36.3 Å². The molecule has 0 spiro atoms. The van der Waals surface area contributed by atoms with Gasteiger partial charge in [0.1, 0.15) is 6.04 Å². The van der Waals surface area contributed by atoms with Gasteiger partial charge >= 0.3 is 11.5 Å². The Kier molecular flexibility index (Phi) is 6.37. The van der Waals surface area contributed by atoms with Gasteiger partial charge in [-0.05, 0) is 60.4 Å². The highest BCUT2D eigenvalue weighted by molar-refractivity contribution is 7.92. The van der Waals surface area contributed by atoms with Crippen LogP contribution in [-0.4, -0.2) is 41.8 Å². The van der Waals surface area contributed by atoms with Crippen LogP contribution in [0.4, 0.5) is 23.7 Å². The normalized spacial score (nSPS) is 16.7. The number of aromatic nitrogens is 1. The summed E-state index contributed by atoms with van der Waals surface area (Å²) in [4.78, 5) is 31.4. The number of alkyl halides is 3. The third-order valence-corrected chi connectivity index (χ3v) is 7.28. The standard InChI is InChI=1S/C24H20F3N3O4S/c1-16-22(31)30(20-7-9-21(10-8-20)35(33,34)24(25,26)27)23(32)29(16)15-18-11-12-28-14-19(18)13-17-5-3-2-4-6-17/h2-12,14,16H,13,15H2,1H3. The zero-order valence-corrected chi connectivity index (χ0v) is 19.3. The van der Waals surface area contributed by atoms with E-state index in [0.29, 0.717) is 6.42 Å². The van der Waals surface area contributed by atoms with Crippen molar-refractivity contribution in [2.75, 3.05) is 4.90 Å². The maximum Gasteiger partial charge on any atom is 0.501 e. The minimum atomic E-state index is -5.54. The van der Waals surface area contributed by atoms with Crippen molar-refractivity contribution in [3.8, 4) is 0 Å². The van der Waals surface area contributed by atoms with Crippen molar-refractivity contribution in [1.82, 2.24) is 9.88 Å². The number of urea groups is 1. The van der Waals surface area contributed by atoms with Crippen LogP contribution in [0.5, 0.6) is 0 Å². The molecule has 1 saturated heterocycles. The SMILES string of the molecule is CC1C(=O)N(c2ccc(S(=O)(=O)C(F)(F)F)cc2)C(=O)N1Cc1ccncc1Cc1ccccc1. The number of halogens is 3. The van der Waals surface area contributed by atoms with E-state index in [1.807, 2.05) is 30.3 Å². The van der Waals surface area contributed by atoms with Crippen molar-refractivity contribution in [3.05, 3.63) is 89.7 Å². The molecule has 3 amide bonds. The quantitative estimate of drug-likeness (QED) is 0.468. The molecule has 0 radical (unpaired) electrons. The second kappa shape index (κ2) is 9.14. The number of nitrogens with zero attached hydrogens (tertiary/aromatic N) is 3. The van der Waals surface area contributed by atoms with E-state index in [-0.39, 0.29) is 12.2 Å². The van der Waals surface area contributed by atoms with Gasteiger partial charge in [0.25, 0.3) is 15.7 Å². The number of imide groups is 1. The van der Waals surface area contributed by atoms with Crippen molar-refractivity contribution >= 4 is 27.5 Å². The molecule has 1 aliphatic heterocycles. The van der Waals surface area contributed by atoms with E-state index < -0.39 is 38.2 Å². The molecule has 1 atom stereocenters. The molecule has 11 heteroatoms. The van der Waals surface area contributed by atoms with Crippen LogP contribution < -0.4 is 4.90 Å². The molecule has 3 aromatic rings. The Hall–Kier alpha value is -3.73. The molecule has 0 N–H and O–H groups in total. The smallest absolute Gasteiger partial charge is 0.308 e. The van der Waals surface area contributed by atoms with E-state index in [9.17, 15) is 31.2 Å². The monoisotopic (exact) mass is 503 g/mol. The number of pyridine rings is 1. The van der Waals surface area contributed by atoms with E-state index in [1.54, 1.807) is 25.4 Å². The Morgan fingerprint density at radius 1 is 0.943 bits per heavy atom. The van der Waals surface area contributed by atoms with Crippen LogP contribution in [0.3, 0.4) is 0 Å². The number of carbonyl (C=O) groups is 2. The minimum absolute atomic E-state index is 0.0188. The van der Waals surface area contributed by atoms with Gasteiger partial charge in [0, 0.05) is 18.9 Å². The van der Waals surface area contributed by atoms with Crippen molar-refractivity contribution < 1.29 is 31.2 Å². The molecule has 1 unspecified atom stereocenters. The molecule has 1 aliphatic rings. The van der Waals surface area contributed by atoms with Gasteiger partial charge in [-0.3, -0.25) is 9.78 Å². The molecule has 0 bridgehead atoms. The third kappa shape index (κ3) is 4.63. The van der Waals surface area contributed by atoms with Crippen LogP contribution in [-0.2, 0) is 27.6 Å². The van der Waals surface area contributed by atoms with Crippen LogP contribution in [0.2, 0.25) is 0 Å². The van der Waals surface area contributed by atoms with Gasteiger partial charge < -0.3 is 4.90 Å². The predicted octanol–water partition coefficient (Wildman–Crippen LogP) is 4.32. The zero-order valence-electron chi connectivity index (χ0n) is 18.4. The lowest BCUT2D eigenvalue weighted by Crippen LogP contribution is -2.33. The number of benzene rings is 2. The molecular formula is C24H20F3N3O4S. The Labute approximate surface area is 199 Å². The topological polar surface area (TPSA) is 87.7 Å². The summed E-state index contributed by atoms with van der Waals surface area (Å²) in [6.07, 6.45) is 3.87. The summed E-state index contributed by atoms with van der Waals surface area (Å²) in [5, 5.41) is 0. The van der Waals surface area contributed by atoms with E-state index >= 15 is 0 Å². The maximum absolute atomic E-state index is 13.2. The molecule has 2 aromatic carbocycles. The van der Waals surface area contributed by atoms with Gasteiger partial charge in [0.05, 0.1) is 10.6 Å². The lowest BCUT2D eigenvalue weighted by Gasteiger charge is -2.21. The average Bonchev–Trinajstić information content (AvgIpc) is 3.03. The fourth-order valence-corrected chi connectivity index (χ4v) is 4.59. The summed E-state index contributed by atoms with van der Waals surface area (Å²) < 4.78 is 61.6. The number of rotatable bonds is 6. The van der Waals surface area contributed by atoms with E-state index in [0.717, 1.165) is 45.9 Å². The highest BCUT2D eigenvalue weighted by Crippen LogP contribution is 2.33. The first kappa shape index (κ1) is 24.4. The highest BCUT2D eigenvalue weighted by atomic mass is 32.2.